The molecule has 0 aromatic heterocycles. The van der Waals surface area contributed by atoms with Crippen LogP contribution in [0.4, 0.5) is 0 Å². The molecular weight excluding hydrogens is 148 g/mol. The molecule has 0 saturated heterocycles. The highest BCUT2D eigenvalue weighted by Gasteiger charge is 2.41. The fourth-order valence-corrected chi connectivity index (χ4v) is 2.58. The lowest BCUT2D eigenvalue weighted by Crippen LogP contribution is -2.41. The Morgan fingerprint density at radius 1 is 1.20 bits per heavy atom. The van der Waals surface area contributed by atoms with E-state index in [1.165, 1.54) is 12.8 Å². The number of Topliss-reactive ketones (excluding diaryl/α,β-unsaturated/α-hetero) is 1. The molecule has 10 heavy (non-hydrogen) atoms. The highest BCUT2D eigenvalue weighted by Crippen LogP contribution is 2.41. The Hall–Kier alpha value is -0.0400. The smallest absolute Gasteiger partial charge is 0.154 e. The first kappa shape index (κ1) is 6.66. The summed E-state index contributed by atoms with van der Waals surface area (Å²) in [6.45, 7) is 0. The molecule has 0 aromatic rings. The van der Waals surface area contributed by atoms with E-state index in [4.69, 9.17) is 11.6 Å². The van der Waals surface area contributed by atoms with Crippen molar-refractivity contribution in [3.8, 4) is 0 Å². The summed E-state index contributed by atoms with van der Waals surface area (Å²) < 4.78 is 0. The van der Waals surface area contributed by atoms with Crippen LogP contribution in [0.1, 0.15) is 25.7 Å². The van der Waals surface area contributed by atoms with Crippen LogP contribution in [0.2, 0.25) is 0 Å². The zero-order valence-electron chi connectivity index (χ0n) is 5.85. The molecule has 0 heterocycles. The highest BCUT2D eigenvalue weighted by atomic mass is 35.5. The predicted octanol–water partition coefficient (Wildman–Crippen LogP) is 1.98. The van der Waals surface area contributed by atoms with Gasteiger partial charge in [0, 0.05) is 5.92 Å². The molecule has 1 unspecified atom stereocenters. The van der Waals surface area contributed by atoms with Gasteiger partial charge >= 0.3 is 0 Å². The molecule has 2 heteroatoms. The molecule has 0 N–H and O–H groups in total. The second kappa shape index (κ2) is 2.23. The van der Waals surface area contributed by atoms with Gasteiger partial charge in [-0.2, -0.15) is 0 Å². The van der Waals surface area contributed by atoms with Crippen LogP contribution in [0.3, 0.4) is 0 Å². The Morgan fingerprint density at radius 2 is 1.80 bits per heavy atom. The quantitative estimate of drug-likeness (QED) is 0.493. The van der Waals surface area contributed by atoms with Crippen LogP contribution in [0.5, 0.6) is 0 Å². The van der Waals surface area contributed by atoms with E-state index in [0.29, 0.717) is 17.6 Å². The topological polar surface area (TPSA) is 17.1 Å². The van der Waals surface area contributed by atoms with E-state index in [0.717, 1.165) is 12.8 Å². The van der Waals surface area contributed by atoms with Crippen LogP contribution < -0.4 is 0 Å². The van der Waals surface area contributed by atoms with Crippen LogP contribution in [0, 0.1) is 11.8 Å². The number of fused-ring (bicyclic) bond motifs is 3. The first-order valence-electron chi connectivity index (χ1n) is 3.97. The predicted molar refractivity (Wildman–Crippen MR) is 40.1 cm³/mol. The summed E-state index contributed by atoms with van der Waals surface area (Å²) >= 11 is 5.91. The molecule has 3 saturated carbocycles. The van der Waals surface area contributed by atoms with E-state index in [2.05, 4.69) is 0 Å². The van der Waals surface area contributed by atoms with Crippen molar-refractivity contribution in [1.29, 1.82) is 0 Å². The summed E-state index contributed by atoms with van der Waals surface area (Å²) in [5, 5.41) is -0.132. The van der Waals surface area contributed by atoms with E-state index < -0.39 is 0 Å². The third-order valence-corrected chi connectivity index (χ3v) is 3.43. The SMILES string of the molecule is O=C1C2CCC(CC2)C1Cl. The number of carbonyl (C=O) groups is 1. The minimum absolute atomic E-state index is 0.132. The normalized spacial score (nSPS) is 46.1. The van der Waals surface area contributed by atoms with Crippen molar-refractivity contribution < 1.29 is 4.79 Å². The molecule has 3 aliphatic carbocycles. The Morgan fingerprint density at radius 3 is 2.10 bits per heavy atom. The Balaban J connectivity index is 2.20. The number of hydrogen-bond donors (Lipinski definition) is 0. The summed E-state index contributed by atoms with van der Waals surface area (Å²) in [7, 11) is 0. The fourth-order valence-electron chi connectivity index (χ4n) is 2.15. The van der Waals surface area contributed by atoms with Gasteiger partial charge in [0.1, 0.15) is 0 Å². The van der Waals surface area contributed by atoms with Crippen LogP contribution in [0.15, 0.2) is 0 Å². The van der Waals surface area contributed by atoms with E-state index in [1.54, 1.807) is 0 Å². The molecule has 0 amide bonds. The second-order valence-corrected chi connectivity index (χ2v) is 3.89. The number of alkyl halides is 1. The molecular formula is C8H11ClO. The lowest BCUT2D eigenvalue weighted by atomic mass is 9.70. The molecule has 0 spiro atoms. The van der Waals surface area contributed by atoms with Gasteiger partial charge in [0.25, 0.3) is 0 Å². The fraction of sp³-hybridized carbons (Fsp3) is 0.875. The molecule has 2 bridgehead atoms. The molecule has 0 aromatic carbocycles. The van der Waals surface area contributed by atoms with Crippen LogP contribution in [0.25, 0.3) is 0 Å². The van der Waals surface area contributed by atoms with Crippen LogP contribution in [-0.4, -0.2) is 11.2 Å². The zero-order valence-corrected chi connectivity index (χ0v) is 6.60. The largest absolute Gasteiger partial charge is 0.298 e. The summed E-state index contributed by atoms with van der Waals surface area (Å²) in [4.78, 5) is 11.3. The van der Waals surface area contributed by atoms with Gasteiger partial charge in [-0.1, -0.05) is 0 Å². The monoisotopic (exact) mass is 158 g/mol. The van der Waals surface area contributed by atoms with Gasteiger partial charge < -0.3 is 0 Å². The Kier molecular flexibility index (Phi) is 1.48. The van der Waals surface area contributed by atoms with E-state index >= 15 is 0 Å². The van der Waals surface area contributed by atoms with Gasteiger partial charge in [-0.05, 0) is 31.6 Å². The number of ketones is 1. The Labute approximate surface area is 65.7 Å². The maximum absolute atomic E-state index is 11.3. The second-order valence-electron chi connectivity index (χ2n) is 3.42. The molecule has 0 radical (unpaired) electrons. The lowest BCUT2D eigenvalue weighted by Gasteiger charge is -2.37. The maximum Gasteiger partial charge on any atom is 0.154 e. The van der Waals surface area contributed by atoms with Gasteiger partial charge in [0.2, 0.25) is 0 Å². The van der Waals surface area contributed by atoms with E-state index in [1.807, 2.05) is 0 Å². The summed E-state index contributed by atoms with van der Waals surface area (Å²) in [5.41, 5.74) is 0. The van der Waals surface area contributed by atoms with Gasteiger partial charge in [0.05, 0.1) is 5.38 Å². The van der Waals surface area contributed by atoms with Crippen molar-refractivity contribution in [3.05, 3.63) is 0 Å². The summed E-state index contributed by atoms with van der Waals surface area (Å²) in [6.07, 6.45) is 4.58. The standard InChI is InChI=1S/C8H11ClO/c9-7-5-1-3-6(4-2-5)8(7)10/h5-7H,1-4H2. The average molecular weight is 159 g/mol. The minimum Gasteiger partial charge on any atom is -0.298 e. The number of rotatable bonds is 0. The molecule has 1 atom stereocenters. The summed E-state index contributed by atoms with van der Waals surface area (Å²) in [5.74, 6) is 1.16. The average Bonchev–Trinajstić information content (AvgIpc) is 2.00. The van der Waals surface area contributed by atoms with Crippen molar-refractivity contribution >= 4 is 17.4 Å². The van der Waals surface area contributed by atoms with E-state index in [-0.39, 0.29) is 5.38 Å². The van der Waals surface area contributed by atoms with Crippen molar-refractivity contribution in [2.45, 2.75) is 31.1 Å². The van der Waals surface area contributed by atoms with Crippen LogP contribution in [-0.2, 0) is 4.79 Å². The third kappa shape index (κ3) is 0.800. The number of hydrogen-bond acceptors (Lipinski definition) is 1. The van der Waals surface area contributed by atoms with Crippen LogP contribution >= 0.6 is 11.6 Å². The van der Waals surface area contributed by atoms with E-state index in [9.17, 15) is 4.79 Å². The molecule has 56 valence electrons. The van der Waals surface area contributed by atoms with Crippen molar-refractivity contribution in [2.75, 3.05) is 0 Å². The van der Waals surface area contributed by atoms with Crippen molar-refractivity contribution in [3.63, 3.8) is 0 Å². The first-order chi connectivity index (χ1) is 4.79. The molecule has 3 fully saturated rings. The minimum atomic E-state index is -0.132. The van der Waals surface area contributed by atoms with Gasteiger partial charge in [-0.3, -0.25) is 4.79 Å². The molecule has 3 rings (SSSR count). The van der Waals surface area contributed by atoms with Gasteiger partial charge in [-0.25, -0.2) is 0 Å². The lowest BCUT2D eigenvalue weighted by molar-refractivity contribution is -0.128. The zero-order chi connectivity index (χ0) is 7.14. The highest BCUT2D eigenvalue weighted by molar-refractivity contribution is 6.32. The number of halogens is 1. The van der Waals surface area contributed by atoms with Crippen molar-refractivity contribution in [2.24, 2.45) is 11.8 Å². The van der Waals surface area contributed by atoms with Gasteiger partial charge in [0.15, 0.2) is 5.78 Å². The Bertz CT molecular complexity index is 155. The number of carbonyl (C=O) groups excluding carboxylic acids is 1. The third-order valence-electron chi connectivity index (χ3n) is 2.86. The van der Waals surface area contributed by atoms with Crippen molar-refractivity contribution in [1.82, 2.24) is 0 Å². The molecule has 0 aliphatic heterocycles. The molecule has 3 aliphatic rings. The maximum atomic E-state index is 11.3. The first-order valence-corrected chi connectivity index (χ1v) is 4.40. The summed E-state index contributed by atoms with van der Waals surface area (Å²) in [6, 6.07) is 0. The van der Waals surface area contributed by atoms with Gasteiger partial charge in [-0.15, -0.1) is 11.6 Å². The molecule has 1 nitrogen and oxygen atoms in total.